The first-order chi connectivity index (χ1) is 14.4. The van der Waals surface area contributed by atoms with Crippen LogP contribution in [0.2, 0.25) is 0 Å². The Hall–Kier alpha value is -3.68. The fourth-order valence-electron chi connectivity index (χ4n) is 3.50. The van der Waals surface area contributed by atoms with Crippen LogP contribution in [0, 0.1) is 10.1 Å². The van der Waals surface area contributed by atoms with Crippen LogP contribution in [0.15, 0.2) is 54.1 Å². The predicted molar refractivity (Wildman–Crippen MR) is 110 cm³/mol. The number of Topliss-reactive ketones (excluding diaryl/α,β-unsaturated/α-hetero) is 1. The molecule has 1 aliphatic rings. The third kappa shape index (κ3) is 3.89. The third-order valence-electron chi connectivity index (χ3n) is 5.05. The highest BCUT2D eigenvalue weighted by molar-refractivity contribution is 6.46. The third-order valence-corrected chi connectivity index (χ3v) is 5.05. The van der Waals surface area contributed by atoms with E-state index in [9.17, 15) is 24.8 Å². The zero-order chi connectivity index (χ0) is 21.8. The Morgan fingerprint density at radius 2 is 1.90 bits per heavy atom. The number of aliphatic hydroxyl groups is 1. The lowest BCUT2D eigenvalue weighted by molar-refractivity contribution is -0.384. The summed E-state index contributed by atoms with van der Waals surface area (Å²) in [5, 5.41) is 22.2. The molecule has 0 bridgehead atoms. The number of rotatable bonds is 7. The molecule has 2 aromatic carbocycles. The molecule has 30 heavy (non-hydrogen) atoms. The van der Waals surface area contributed by atoms with Crippen molar-refractivity contribution in [2.24, 2.45) is 0 Å². The van der Waals surface area contributed by atoms with Crippen LogP contribution in [0.25, 0.3) is 5.76 Å². The number of benzene rings is 2. The average molecular weight is 410 g/mol. The van der Waals surface area contributed by atoms with E-state index in [2.05, 4.69) is 0 Å². The van der Waals surface area contributed by atoms with Crippen molar-refractivity contribution in [3.63, 3.8) is 0 Å². The molecule has 0 aliphatic carbocycles. The molecule has 1 aliphatic heterocycles. The topological polar surface area (TPSA) is 110 Å². The standard InChI is InChI=1S/C22H22N2O6/c1-3-4-12-23-19(15-6-5-7-16(13-15)24(28)29)18(21(26)22(23)27)20(25)14-8-10-17(30-2)11-9-14/h5-11,13,19,25H,3-4,12H2,1-2H3/b20-18-. The smallest absolute Gasteiger partial charge is 0.295 e. The van der Waals surface area contributed by atoms with E-state index in [1.165, 1.54) is 30.2 Å². The number of nitro groups is 1. The monoisotopic (exact) mass is 410 g/mol. The van der Waals surface area contributed by atoms with E-state index in [1.807, 2.05) is 6.92 Å². The second kappa shape index (κ2) is 8.77. The number of ketones is 1. The van der Waals surface area contributed by atoms with Gasteiger partial charge < -0.3 is 14.7 Å². The van der Waals surface area contributed by atoms with Gasteiger partial charge in [0.05, 0.1) is 23.6 Å². The number of non-ortho nitro benzene ring substituents is 1. The van der Waals surface area contributed by atoms with Gasteiger partial charge in [-0.3, -0.25) is 19.7 Å². The van der Waals surface area contributed by atoms with E-state index in [4.69, 9.17) is 4.74 Å². The van der Waals surface area contributed by atoms with Gasteiger partial charge in [-0.2, -0.15) is 0 Å². The molecule has 1 atom stereocenters. The number of ether oxygens (including phenoxy) is 1. The molecule has 1 saturated heterocycles. The molecule has 2 aromatic rings. The van der Waals surface area contributed by atoms with Crippen molar-refractivity contribution in [2.75, 3.05) is 13.7 Å². The van der Waals surface area contributed by atoms with Crippen molar-refractivity contribution < 1.29 is 24.4 Å². The molecular weight excluding hydrogens is 388 g/mol. The minimum Gasteiger partial charge on any atom is -0.507 e. The fourth-order valence-corrected chi connectivity index (χ4v) is 3.50. The van der Waals surface area contributed by atoms with Crippen LogP contribution in [0.5, 0.6) is 5.75 Å². The average Bonchev–Trinajstić information content (AvgIpc) is 3.02. The van der Waals surface area contributed by atoms with Crippen LogP contribution in [0.1, 0.15) is 36.9 Å². The molecule has 8 nitrogen and oxygen atoms in total. The zero-order valence-corrected chi connectivity index (χ0v) is 16.7. The molecule has 3 rings (SSSR count). The summed E-state index contributed by atoms with van der Waals surface area (Å²) in [5.41, 5.74) is 0.508. The first-order valence-corrected chi connectivity index (χ1v) is 9.56. The second-order valence-corrected chi connectivity index (χ2v) is 6.93. The highest BCUT2D eigenvalue weighted by Gasteiger charge is 2.46. The predicted octanol–water partition coefficient (Wildman–Crippen LogP) is 3.83. The number of aliphatic hydroxyl groups excluding tert-OH is 1. The molecular formula is C22H22N2O6. The van der Waals surface area contributed by atoms with Gasteiger partial charge in [0.2, 0.25) is 0 Å². The lowest BCUT2D eigenvalue weighted by Crippen LogP contribution is -2.30. The van der Waals surface area contributed by atoms with Crippen molar-refractivity contribution in [1.82, 2.24) is 4.90 Å². The highest BCUT2D eigenvalue weighted by Crippen LogP contribution is 2.40. The van der Waals surface area contributed by atoms with Gasteiger partial charge in [0, 0.05) is 24.2 Å². The highest BCUT2D eigenvalue weighted by atomic mass is 16.6. The summed E-state index contributed by atoms with van der Waals surface area (Å²) in [6, 6.07) is 11.3. The van der Waals surface area contributed by atoms with Gasteiger partial charge in [-0.05, 0) is 36.2 Å². The van der Waals surface area contributed by atoms with E-state index in [-0.39, 0.29) is 17.0 Å². The summed E-state index contributed by atoms with van der Waals surface area (Å²) in [6.07, 6.45) is 1.45. The van der Waals surface area contributed by atoms with Crippen LogP contribution in [0.3, 0.4) is 0 Å². The summed E-state index contributed by atoms with van der Waals surface area (Å²) in [6.45, 7) is 2.25. The maximum Gasteiger partial charge on any atom is 0.295 e. The Balaban J connectivity index is 2.17. The summed E-state index contributed by atoms with van der Waals surface area (Å²) < 4.78 is 5.11. The van der Waals surface area contributed by atoms with Gasteiger partial charge in [0.1, 0.15) is 11.5 Å². The first-order valence-electron chi connectivity index (χ1n) is 9.56. The largest absolute Gasteiger partial charge is 0.507 e. The minimum absolute atomic E-state index is 0.0817. The molecule has 0 saturated carbocycles. The second-order valence-electron chi connectivity index (χ2n) is 6.93. The van der Waals surface area contributed by atoms with Crippen molar-refractivity contribution in [2.45, 2.75) is 25.8 Å². The Morgan fingerprint density at radius 3 is 2.50 bits per heavy atom. The van der Waals surface area contributed by atoms with Crippen LogP contribution >= 0.6 is 0 Å². The molecule has 1 amide bonds. The van der Waals surface area contributed by atoms with Crippen molar-refractivity contribution in [3.05, 3.63) is 75.3 Å². The Morgan fingerprint density at radius 1 is 1.20 bits per heavy atom. The molecule has 8 heteroatoms. The van der Waals surface area contributed by atoms with Gasteiger partial charge in [-0.15, -0.1) is 0 Å². The van der Waals surface area contributed by atoms with Gasteiger partial charge in [0.15, 0.2) is 0 Å². The molecule has 1 unspecified atom stereocenters. The van der Waals surface area contributed by atoms with Crippen LogP contribution in [0.4, 0.5) is 5.69 Å². The first kappa shape index (κ1) is 21.0. The van der Waals surface area contributed by atoms with E-state index in [0.29, 0.717) is 29.8 Å². The van der Waals surface area contributed by atoms with Crippen LogP contribution in [-0.4, -0.2) is 40.3 Å². The van der Waals surface area contributed by atoms with Gasteiger partial charge in [-0.1, -0.05) is 25.5 Å². The fraction of sp³-hybridized carbons (Fsp3) is 0.273. The van der Waals surface area contributed by atoms with Gasteiger partial charge in [-0.25, -0.2) is 0 Å². The molecule has 0 aromatic heterocycles. The maximum absolute atomic E-state index is 12.9. The van der Waals surface area contributed by atoms with Crippen molar-refractivity contribution in [3.8, 4) is 5.75 Å². The summed E-state index contributed by atoms with van der Waals surface area (Å²) in [4.78, 5) is 37.7. The SMILES string of the molecule is CCCCN1C(=O)C(=O)/C(=C(\O)c2ccc(OC)cc2)C1c1cccc([N+](=O)[O-])c1. The van der Waals surface area contributed by atoms with Gasteiger partial charge in [0.25, 0.3) is 17.4 Å². The number of hydrogen-bond acceptors (Lipinski definition) is 6. The Kier molecular flexibility index (Phi) is 6.15. The number of amides is 1. The molecule has 1 heterocycles. The number of hydrogen-bond donors (Lipinski definition) is 1. The summed E-state index contributed by atoms with van der Waals surface area (Å²) in [7, 11) is 1.51. The maximum atomic E-state index is 12.9. The van der Waals surface area contributed by atoms with Gasteiger partial charge >= 0.3 is 0 Å². The molecule has 0 spiro atoms. The van der Waals surface area contributed by atoms with E-state index in [1.54, 1.807) is 30.3 Å². The lowest BCUT2D eigenvalue weighted by atomic mass is 9.95. The van der Waals surface area contributed by atoms with Crippen LogP contribution in [-0.2, 0) is 9.59 Å². The summed E-state index contributed by atoms with van der Waals surface area (Å²) >= 11 is 0. The van der Waals surface area contributed by atoms with Crippen LogP contribution < -0.4 is 4.74 Å². The molecule has 1 N–H and O–H groups in total. The number of likely N-dealkylation sites (tertiary alicyclic amines) is 1. The Labute approximate surface area is 173 Å². The number of carbonyl (C=O) groups excluding carboxylic acids is 2. The molecule has 0 radical (unpaired) electrons. The number of nitro benzene ring substituents is 1. The molecule has 156 valence electrons. The normalized spacial score (nSPS) is 17.9. The lowest BCUT2D eigenvalue weighted by Gasteiger charge is -2.25. The number of unbranched alkanes of at least 4 members (excludes halogenated alkanes) is 1. The van der Waals surface area contributed by atoms with E-state index < -0.39 is 22.7 Å². The minimum atomic E-state index is -0.904. The van der Waals surface area contributed by atoms with E-state index in [0.717, 1.165) is 6.42 Å². The van der Waals surface area contributed by atoms with Crippen molar-refractivity contribution in [1.29, 1.82) is 0 Å². The van der Waals surface area contributed by atoms with E-state index >= 15 is 0 Å². The van der Waals surface area contributed by atoms with Crippen molar-refractivity contribution >= 4 is 23.1 Å². The summed E-state index contributed by atoms with van der Waals surface area (Å²) in [5.74, 6) is -1.29. The zero-order valence-electron chi connectivity index (χ0n) is 16.7. The number of nitrogens with zero attached hydrogens (tertiary/aromatic N) is 2. The number of methoxy groups -OCH3 is 1. The quantitative estimate of drug-likeness (QED) is 0.244. The number of carbonyl (C=O) groups is 2. The molecule has 1 fully saturated rings. The Bertz CT molecular complexity index is 1010.